The molecule has 318 valence electrons. The lowest BCUT2D eigenvalue weighted by atomic mass is 9.94. The Morgan fingerprint density at radius 2 is 1.55 bits per heavy atom. The van der Waals surface area contributed by atoms with Gasteiger partial charge in [0.15, 0.2) is 0 Å². The Hall–Kier alpha value is -4.07. The zero-order valence-corrected chi connectivity index (χ0v) is 35.8. The number of amides is 2. The van der Waals surface area contributed by atoms with Crippen molar-refractivity contribution < 1.29 is 23.8 Å². The number of benzene rings is 2. The number of piperazine rings is 1. The second-order valence-electron chi connectivity index (χ2n) is 15.7. The number of nitrogens with one attached hydrogen (secondary N) is 3. The van der Waals surface area contributed by atoms with Crippen LogP contribution in [0.25, 0.3) is 11.1 Å². The molecular weight excluding hydrogens is 733 g/mol. The van der Waals surface area contributed by atoms with Gasteiger partial charge < -0.3 is 34.7 Å². The molecule has 2 amide bonds. The molecule has 12 nitrogen and oxygen atoms in total. The number of carbonyl (C=O) groups excluding carboxylic acids is 2. The molecule has 5 rings (SSSR count). The number of hydrogen-bond acceptors (Lipinski definition) is 9. The second-order valence-corrected chi connectivity index (χ2v) is 15.7. The Morgan fingerprint density at radius 3 is 2.26 bits per heavy atom. The first-order valence-electron chi connectivity index (χ1n) is 21.6. The van der Waals surface area contributed by atoms with Crippen molar-refractivity contribution in [2.24, 2.45) is 0 Å². The lowest BCUT2D eigenvalue weighted by Gasteiger charge is -2.37. The van der Waals surface area contributed by atoms with E-state index in [1.165, 1.54) is 5.56 Å². The summed E-state index contributed by atoms with van der Waals surface area (Å²) < 4.78 is 16.7. The van der Waals surface area contributed by atoms with Crippen molar-refractivity contribution in [2.75, 3.05) is 90.4 Å². The van der Waals surface area contributed by atoms with Crippen LogP contribution in [0.15, 0.2) is 47.3 Å². The van der Waals surface area contributed by atoms with E-state index in [1.807, 2.05) is 39.8 Å². The SMILES string of the molecule is CCOCCCOCCCCCNC(=O)CN1CCN(Cc2ccc(-c3cc(C(=O)NCc4c(C)cc(C)[nH]c4=O)c(C)c(N(CC)C4CCOCC4)c3)cc2)CC1. The minimum atomic E-state index is -0.197. The summed E-state index contributed by atoms with van der Waals surface area (Å²) >= 11 is 0. The molecule has 0 aliphatic carbocycles. The first kappa shape index (κ1) is 45.0. The van der Waals surface area contributed by atoms with Crippen LogP contribution in [0.2, 0.25) is 0 Å². The Morgan fingerprint density at radius 1 is 0.845 bits per heavy atom. The maximum Gasteiger partial charge on any atom is 0.253 e. The normalized spacial score (nSPS) is 15.4. The van der Waals surface area contributed by atoms with E-state index in [-0.39, 0.29) is 23.9 Å². The zero-order chi connectivity index (χ0) is 41.3. The molecule has 2 aliphatic rings. The van der Waals surface area contributed by atoms with Crippen molar-refractivity contribution in [3.63, 3.8) is 0 Å². The summed E-state index contributed by atoms with van der Waals surface area (Å²) in [6.45, 7) is 21.0. The van der Waals surface area contributed by atoms with Crippen molar-refractivity contribution in [3.8, 4) is 11.1 Å². The second kappa shape index (κ2) is 23.5. The number of ether oxygens (including phenoxy) is 3. The van der Waals surface area contributed by atoms with E-state index >= 15 is 0 Å². The summed E-state index contributed by atoms with van der Waals surface area (Å²) in [5.74, 6) is -0.0970. The number of nitrogens with zero attached hydrogens (tertiary/aromatic N) is 3. The average Bonchev–Trinajstić information content (AvgIpc) is 3.22. The van der Waals surface area contributed by atoms with Gasteiger partial charge in [0.1, 0.15) is 0 Å². The molecule has 3 N–H and O–H groups in total. The monoisotopic (exact) mass is 801 g/mol. The van der Waals surface area contributed by atoms with E-state index < -0.39 is 0 Å². The minimum absolute atomic E-state index is 0.0996. The van der Waals surface area contributed by atoms with Gasteiger partial charge in [-0.15, -0.1) is 0 Å². The van der Waals surface area contributed by atoms with Crippen molar-refractivity contribution in [3.05, 3.63) is 86.3 Å². The predicted octanol–water partition coefficient (Wildman–Crippen LogP) is 5.75. The highest BCUT2D eigenvalue weighted by atomic mass is 16.5. The van der Waals surface area contributed by atoms with Gasteiger partial charge in [-0.1, -0.05) is 24.3 Å². The molecule has 3 heterocycles. The topological polar surface area (TPSA) is 128 Å². The molecule has 0 atom stereocenters. The standard InChI is InChI=1S/C46H68N6O6/c1-6-52(40-16-26-58-27-17-40)43-30-39(29-41(36(43)5)45(54)48-31-42-34(3)28-35(4)49-46(42)55)38-14-12-37(13-15-38)32-50-19-21-51(22-20-50)33-44(53)47-18-9-8-10-23-57-25-11-24-56-7-2/h12-15,28-30,40H,6-11,16-27,31-33H2,1-5H3,(H,47,53)(H,48,54)(H,49,55). The molecule has 0 radical (unpaired) electrons. The van der Waals surface area contributed by atoms with Crippen LogP contribution in [-0.4, -0.2) is 118 Å². The number of anilines is 1. The highest BCUT2D eigenvalue weighted by Crippen LogP contribution is 2.34. The van der Waals surface area contributed by atoms with E-state index in [0.717, 1.165) is 151 Å². The summed E-state index contributed by atoms with van der Waals surface area (Å²) in [6.07, 6.45) is 5.84. The first-order chi connectivity index (χ1) is 28.2. The van der Waals surface area contributed by atoms with Gasteiger partial charge in [-0.2, -0.15) is 0 Å². The molecule has 2 aromatic carbocycles. The van der Waals surface area contributed by atoms with Crippen LogP contribution in [0.5, 0.6) is 0 Å². The van der Waals surface area contributed by atoms with Gasteiger partial charge >= 0.3 is 0 Å². The van der Waals surface area contributed by atoms with Crippen molar-refractivity contribution >= 4 is 17.5 Å². The number of aryl methyl sites for hydroxylation is 2. The Bertz CT molecular complexity index is 1800. The number of carbonyl (C=O) groups is 2. The minimum Gasteiger partial charge on any atom is -0.382 e. The zero-order valence-electron chi connectivity index (χ0n) is 35.8. The van der Waals surface area contributed by atoms with Gasteiger partial charge in [-0.05, 0) is 119 Å². The third kappa shape index (κ3) is 13.5. The van der Waals surface area contributed by atoms with Crippen LogP contribution in [0, 0.1) is 20.8 Å². The van der Waals surface area contributed by atoms with E-state index in [0.29, 0.717) is 30.3 Å². The molecule has 2 fully saturated rings. The molecule has 3 aromatic rings. The van der Waals surface area contributed by atoms with E-state index in [2.05, 4.69) is 67.6 Å². The Balaban J connectivity index is 1.15. The quantitative estimate of drug-likeness (QED) is 0.109. The number of pyridine rings is 1. The van der Waals surface area contributed by atoms with Gasteiger partial charge in [0, 0.05) is 121 Å². The van der Waals surface area contributed by atoms with Crippen LogP contribution in [0.1, 0.15) is 90.7 Å². The molecule has 58 heavy (non-hydrogen) atoms. The number of unbranched alkanes of at least 4 members (excludes halogenated alkanes) is 2. The van der Waals surface area contributed by atoms with E-state index in [4.69, 9.17) is 14.2 Å². The highest BCUT2D eigenvalue weighted by Gasteiger charge is 2.25. The van der Waals surface area contributed by atoms with Crippen molar-refractivity contribution in [1.29, 1.82) is 0 Å². The number of H-pyrrole nitrogens is 1. The predicted molar refractivity (Wildman–Crippen MR) is 232 cm³/mol. The fraction of sp³-hybridized carbons (Fsp3) is 0.587. The summed E-state index contributed by atoms with van der Waals surface area (Å²) in [4.78, 5) is 49.2. The number of aromatic amines is 1. The van der Waals surface area contributed by atoms with Crippen LogP contribution in [0.4, 0.5) is 5.69 Å². The maximum absolute atomic E-state index is 13.9. The summed E-state index contributed by atoms with van der Waals surface area (Å²) in [5.41, 5.74) is 7.91. The van der Waals surface area contributed by atoms with Crippen molar-refractivity contribution in [1.82, 2.24) is 25.4 Å². The van der Waals surface area contributed by atoms with E-state index in [9.17, 15) is 14.4 Å². The Labute approximate surface area is 346 Å². The third-order valence-electron chi connectivity index (χ3n) is 11.4. The van der Waals surface area contributed by atoms with Gasteiger partial charge in [0.05, 0.1) is 6.54 Å². The molecule has 2 saturated heterocycles. The maximum atomic E-state index is 13.9. The molecular formula is C46H68N6O6. The lowest BCUT2D eigenvalue weighted by molar-refractivity contribution is -0.122. The largest absolute Gasteiger partial charge is 0.382 e. The van der Waals surface area contributed by atoms with E-state index in [1.54, 1.807) is 0 Å². The molecule has 0 bridgehead atoms. The molecule has 0 spiro atoms. The fourth-order valence-electron chi connectivity index (χ4n) is 8.06. The highest BCUT2D eigenvalue weighted by molar-refractivity contribution is 5.99. The summed E-state index contributed by atoms with van der Waals surface area (Å²) in [5, 5.41) is 6.15. The van der Waals surface area contributed by atoms with Crippen LogP contribution >= 0.6 is 0 Å². The average molecular weight is 801 g/mol. The summed E-state index contributed by atoms with van der Waals surface area (Å²) in [7, 11) is 0. The molecule has 0 unspecified atom stereocenters. The van der Waals surface area contributed by atoms with Crippen LogP contribution in [-0.2, 0) is 32.1 Å². The third-order valence-corrected chi connectivity index (χ3v) is 11.4. The Kier molecular flexibility index (Phi) is 18.2. The van der Waals surface area contributed by atoms with Gasteiger partial charge in [-0.25, -0.2) is 0 Å². The number of rotatable bonds is 22. The van der Waals surface area contributed by atoms with Crippen LogP contribution < -0.4 is 21.1 Å². The van der Waals surface area contributed by atoms with Crippen LogP contribution in [0.3, 0.4) is 0 Å². The molecule has 0 saturated carbocycles. The van der Waals surface area contributed by atoms with Gasteiger partial charge in [0.2, 0.25) is 5.91 Å². The summed E-state index contributed by atoms with van der Waals surface area (Å²) in [6, 6.07) is 15.2. The molecule has 1 aromatic heterocycles. The van der Waals surface area contributed by atoms with Crippen molar-refractivity contribution in [2.45, 2.75) is 92.3 Å². The molecule has 12 heteroatoms. The lowest BCUT2D eigenvalue weighted by Crippen LogP contribution is -2.49. The van der Waals surface area contributed by atoms with Gasteiger partial charge in [0.25, 0.3) is 11.5 Å². The number of hydrogen-bond donors (Lipinski definition) is 3. The number of aromatic nitrogens is 1. The fourth-order valence-corrected chi connectivity index (χ4v) is 8.06. The molecule has 2 aliphatic heterocycles. The first-order valence-corrected chi connectivity index (χ1v) is 21.6. The van der Waals surface area contributed by atoms with Gasteiger partial charge in [-0.3, -0.25) is 24.2 Å². The smallest absolute Gasteiger partial charge is 0.253 e.